The zero-order chi connectivity index (χ0) is 12.0. The van der Waals surface area contributed by atoms with Crippen molar-refractivity contribution in [3.05, 3.63) is 29.8 Å². The van der Waals surface area contributed by atoms with E-state index in [1.165, 1.54) is 0 Å². The minimum atomic E-state index is -3.48. The number of benzene rings is 1. The molecular formula is C11H15ClO3S. The van der Waals surface area contributed by atoms with Crippen molar-refractivity contribution in [1.29, 1.82) is 0 Å². The van der Waals surface area contributed by atoms with Crippen molar-refractivity contribution in [2.75, 3.05) is 6.61 Å². The molecule has 0 aliphatic heterocycles. The highest BCUT2D eigenvalue weighted by atomic mass is 35.7. The average Bonchev–Trinajstić information content (AvgIpc) is 2.19. The van der Waals surface area contributed by atoms with Crippen molar-refractivity contribution in [1.82, 2.24) is 0 Å². The first-order valence-corrected chi connectivity index (χ1v) is 7.63. The molecule has 0 fully saturated rings. The third-order valence-corrected chi connectivity index (χ3v) is 3.03. The number of hydrogen-bond donors (Lipinski definition) is 0. The molecule has 0 radical (unpaired) electrons. The molecule has 0 atom stereocenters. The van der Waals surface area contributed by atoms with Gasteiger partial charge in [-0.15, -0.1) is 0 Å². The van der Waals surface area contributed by atoms with Crippen LogP contribution in [0, 0.1) is 0 Å². The van der Waals surface area contributed by atoms with Crippen molar-refractivity contribution >= 4 is 19.7 Å². The molecule has 0 heterocycles. The molecule has 0 aliphatic carbocycles. The minimum Gasteiger partial charge on any atom is -0.494 e. The predicted octanol–water partition coefficient (Wildman–Crippen LogP) is 2.93. The molecule has 0 amide bonds. The van der Waals surface area contributed by atoms with Gasteiger partial charge in [-0.1, -0.05) is 25.5 Å². The van der Waals surface area contributed by atoms with E-state index < -0.39 is 9.05 Å². The van der Waals surface area contributed by atoms with Crippen molar-refractivity contribution in [2.24, 2.45) is 0 Å². The van der Waals surface area contributed by atoms with Crippen LogP contribution in [-0.2, 0) is 14.8 Å². The van der Waals surface area contributed by atoms with Gasteiger partial charge in [-0.2, -0.15) is 0 Å². The van der Waals surface area contributed by atoms with E-state index in [4.69, 9.17) is 15.4 Å². The van der Waals surface area contributed by atoms with Gasteiger partial charge in [-0.05, 0) is 24.1 Å². The summed E-state index contributed by atoms with van der Waals surface area (Å²) in [5, 5.41) is 0. The van der Waals surface area contributed by atoms with Gasteiger partial charge in [0.05, 0.1) is 12.4 Å². The van der Waals surface area contributed by atoms with E-state index in [-0.39, 0.29) is 5.75 Å². The molecule has 0 N–H and O–H groups in total. The summed E-state index contributed by atoms with van der Waals surface area (Å²) in [5.41, 5.74) is 0.665. The molecule has 3 nitrogen and oxygen atoms in total. The molecule has 0 saturated carbocycles. The van der Waals surface area contributed by atoms with Crippen LogP contribution < -0.4 is 4.74 Å². The SMILES string of the molecule is CCCCOc1ccc(CS(=O)(=O)Cl)cc1. The lowest BCUT2D eigenvalue weighted by Crippen LogP contribution is -1.98. The molecule has 0 saturated heterocycles. The van der Waals surface area contributed by atoms with Crippen molar-refractivity contribution < 1.29 is 13.2 Å². The maximum atomic E-state index is 10.8. The van der Waals surface area contributed by atoms with Gasteiger partial charge in [-0.25, -0.2) is 8.42 Å². The summed E-state index contributed by atoms with van der Waals surface area (Å²) in [4.78, 5) is 0. The van der Waals surface area contributed by atoms with Gasteiger partial charge in [0.15, 0.2) is 0 Å². The first kappa shape index (κ1) is 13.3. The molecule has 0 aromatic heterocycles. The molecule has 16 heavy (non-hydrogen) atoms. The quantitative estimate of drug-likeness (QED) is 0.585. The van der Waals surface area contributed by atoms with E-state index >= 15 is 0 Å². The lowest BCUT2D eigenvalue weighted by Gasteiger charge is -2.05. The molecule has 0 unspecified atom stereocenters. The molecule has 1 aromatic carbocycles. The van der Waals surface area contributed by atoms with Crippen molar-refractivity contribution in [3.63, 3.8) is 0 Å². The molecule has 1 aromatic rings. The topological polar surface area (TPSA) is 43.4 Å². The second-order valence-electron chi connectivity index (χ2n) is 3.53. The fraction of sp³-hybridized carbons (Fsp3) is 0.455. The largest absolute Gasteiger partial charge is 0.494 e. The number of rotatable bonds is 6. The van der Waals surface area contributed by atoms with Gasteiger partial charge in [0.1, 0.15) is 5.75 Å². The number of ether oxygens (including phenoxy) is 1. The molecule has 90 valence electrons. The highest BCUT2D eigenvalue weighted by Gasteiger charge is 2.06. The normalized spacial score (nSPS) is 11.4. The van der Waals surface area contributed by atoms with E-state index in [1.807, 2.05) is 0 Å². The Hall–Kier alpha value is -0.740. The lowest BCUT2D eigenvalue weighted by molar-refractivity contribution is 0.309. The van der Waals surface area contributed by atoms with E-state index in [1.54, 1.807) is 24.3 Å². The highest BCUT2D eigenvalue weighted by molar-refractivity contribution is 8.13. The zero-order valence-corrected chi connectivity index (χ0v) is 10.7. The van der Waals surface area contributed by atoms with Gasteiger partial charge in [0.2, 0.25) is 9.05 Å². The molecule has 0 spiro atoms. The second kappa shape index (κ2) is 6.11. The van der Waals surface area contributed by atoms with E-state index in [2.05, 4.69) is 6.92 Å². The van der Waals surface area contributed by atoms with Gasteiger partial charge in [0, 0.05) is 10.7 Å². The van der Waals surface area contributed by atoms with E-state index in [0.717, 1.165) is 18.6 Å². The van der Waals surface area contributed by atoms with Crippen LogP contribution in [0.3, 0.4) is 0 Å². The third kappa shape index (κ3) is 5.37. The molecular weight excluding hydrogens is 248 g/mol. The van der Waals surface area contributed by atoms with Crippen LogP contribution in [0.5, 0.6) is 5.75 Å². The summed E-state index contributed by atoms with van der Waals surface area (Å²) >= 11 is 0. The van der Waals surface area contributed by atoms with Gasteiger partial charge >= 0.3 is 0 Å². The average molecular weight is 263 g/mol. The molecule has 0 bridgehead atoms. The monoisotopic (exact) mass is 262 g/mol. The maximum absolute atomic E-state index is 10.8. The Bertz CT molecular complexity index is 411. The predicted molar refractivity (Wildman–Crippen MR) is 65.3 cm³/mol. The van der Waals surface area contributed by atoms with Gasteiger partial charge < -0.3 is 4.74 Å². The highest BCUT2D eigenvalue weighted by Crippen LogP contribution is 2.15. The molecule has 0 aliphatic rings. The fourth-order valence-electron chi connectivity index (χ4n) is 1.22. The van der Waals surface area contributed by atoms with Crippen LogP contribution in [0.4, 0.5) is 0 Å². The minimum absolute atomic E-state index is 0.149. The van der Waals surface area contributed by atoms with Crippen LogP contribution in [0.2, 0.25) is 0 Å². The Kier molecular flexibility index (Phi) is 5.09. The van der Waals surface area contributed by atoms with E-state index in [9.17, 15) is 8.42 Å². The van der Waals surface area contributed by atoms with Crippen LogP contribution in [0.1, 0.15) is 25.3 Å². The number of halogens is 1. The van der Waals surface area contributed by atoms with Gasteiger partial charge in [-0.3, -0.25) is 0 Å². The summed E-state index contributed by atoms with van der Waals surface area (Å²) in [5.74, 6) is 0.605. The summed E-state index contributed by atoms with van der Waals surface area (Å²) < 4.78 is 27.1. The standard InChI is InChI=1S/C11H15ClO3S/c1-2-3-8-15-11-6-4-10(5-7-11)9-16(12,13)14/h4-7H,2-3,8-9H2,1H3. The first-order valence-electron chi connectivity index (χ1n) is 5.15. The maximum Gasteiger partial charge on any atom is 0.236 e. The smallest absolute Gasteiger partial charge is 0.236 e. The second-order valence-corrected chi connectivity index (χ2v) is 6.31. The lowest BCUT2D eigenvalue weighted by atomic mass is 10.2. The Morgan fingerprint density at radius 3 is 2.38 bits per heavy atom. The fourth-order valence-corrected chi connectivity index (χ4v) is 2.18. The van der Waals surface area contributed by atoms with Crippen LogP contribution >= 0.6 is 10.7 Å². The van der Waals surface area contributed by atoms with Crippen LogP contribution in [-0.4, -0.2) is 15.0 Å². The van der Waals surface area contributed by atoms with Crippen LogP contribution in [0.15, 0.2) is 24.3 Å². The first-order chi connectivity index (χ1) is 7.51. The Labute approximate surface area is 101 Å². The number of unbranched alkanes of at least 4 members (excludes halogenated alkanes) is 1. The Morgan fingerprint density at radius 2 is 1.88 bits per heavy atom. The van der Waals surface area contributed by atoms with E-state index in [0.29, 0.717) is 12.2 Å². The number of hydrogen-bond acceptors (Lipinski definition) is 3. The third-order valence-electron chi connectivity index (χ3n) is 2.03. The van der Waals surface area contributed by atoms with Gasteiger partial charge in [0.25, 0.3) is 0 Å². The Balaban J connectivity index is 2.54. The summed E-state index contributed by atoms with van der Waals surface area (Å²) in [6.45, 7) is 2.78. The Morgan fingerprint density at radius 1 is 1.25 bits per heavy atom. The van der Waals surface area contributed by atoms with Crippen molar-refractivity contribution in [3.8, 4) is 5.75 Å². The van der Waals surface area contributed by atoms with Crippen LogP contribution in [0.25, 0.3) is 0 Å². The molecule has 5 heteroatoms. The summed E-state index contributed by atoms with van der Waals surface area (Å²) in [7, 11) is 1.67. The van der Waals surface area contributed by atoms with Crippen molar-refractivity contribution in [2.45, 2.75) is 25.5 Å². The molecule has 1 rings (SSSR count). The summed E-state index contributed by atoms with van der Waals surface area (Å²) in [6.07, 6.45) is 2.10. The summed E-state index contributed by atoms with van der Waals surface area (Å²) in [6, 6.07) is 6.93. The zero-order valence-electron chi connectivity index (χ0n) is 9.15.